The summed E-state index contributed by atoms with van der Waals surface area (Å²) in [6, 6.07) is 10.1. The molecule has 1 aromatic carbocycles. The van der Waals surface area contributed by atoms with Crippen LogP contribution in [0.25, 0.3) is 6.08 Å². The maximum atomic E-state index is 12.3. The highest BCUT2D eigenvalue weighted by atomic mass is 32.1. The van der Waals surface area contributed by atoms with Crippen LogP contribution in [0.3, 0.4) is 0 Å². The van der Waals surface area contributed by atoms with Gasteiger partial charge in [-0.3, -0.25) is 9.69 Å². The lowest BCUT2D eigenvalue weighted by atomic mass is 10.1. The number of piperazine rings is 1. The van der Waals surface area contributed by atoms with E-state index in [-0.39, 0.29) is 5.91 Å². The third-order valence-corrected chi connectivity index (χ3v) is 5.47. The third kappa shape index (κ3) is 4.08. The number of thiophene rings is 1. The molecule has 0 bridgehead atoms. The van der Waals surface area contributed by atoms with Crippen LogP contribution in [-0.4, -0.2) is 55.1 Å². The summed E-state index contributed by atoms with van der Waals surface area (Å²) in [6.07, 6.45) is 3.58. The van der Waals surface area contributed by atoms with Gasteiger partial charge in [0.05, 0.1) is 0 Å². The van der Waals surface area contributed by atoms with Crippen molar-refractivity contribution in [3.8, 4) is 11.5 Å². The Morgan fingerprint density at radius 1 is 1.08 bits per heavy atom. The molecule has 6 heteroatoms. The van der Waals surface area contributed by atoms with E-state index in [4.69, 9.17) is 9.47 Å². The Bertz CT molecular complexity index is 780. The zero-order chi connectivity index (χ0) is 17.8. The number of hydrogen-bond acceptors (Lipinski definition) is 5. The number of carbonyl (C=O) groups excluding carboxylic acids is 1. The minimum absolute atomic E-state index is 0.0948. The van der Waals surface area contributed by atoms with Crippen molar-refractivity contribution in [1.82, 2.24) is 9.80 Å². The van der Waals surface area contributed by atoms with Gasteiger partial charge in [-0.05, 0) is 35.2 Å². The van der Waals surface area contributed by atoms with Crippen molar-refractivity contribution in [3.63, 3.8) is 0 Å². The molecule has 2 aromatic rings. The number of nitrogens with zero attached hydrogens (tertiary/aromatic N) is 2. The molecular formula is C20H22N2O3S. The average molecular weight is 370 g/mol. The van der Waals surface area contributed by atoms with E-state index in [9.17, 15) is 4.79 Å². The topological polar surface area (TPSA) is 42.0 Å². The van der Waals surface area contributed by atoms with Crippen molar-refractivity contribution in [2.24, 2.45) is 0 Å². The zero-order valence-corrected chi connectivity index (χ0v) is 15.4. The second-order valence-electron chi connectivity index (χ2n) is 6.43. The van der Waals surface area contributed by atoms with Crippen molar-refractivity contribution >= 4 is 23.3 Å². The van der Waals surface area contributed by atoms with E-state index in [2.05, 4.69) is 17.0 Å². The van der Waals surface area contributed by atoms with Crippen LogP contribution < -0.4 is 9.47 Å². The molecule has 3 heterocycles. The van der Waals surface area contributed by atoms with Crippen molar-refractivity contribution in [2.75, 3.05) is 39.4 Å². The summed E-state index contributed by atoms with van der Waals surface area (Å²) in [5, 5.41) is 2.01. The lowest BCUT2D eigenvalue weighted by Gasteiger charge is -2.34. The summed E-state index contributed by atoms with van der Waals surface area (Å²) in [7, 11) is 0. The summed E-state index contributed by atoms with van der Waals surface area (Å²) < 4.78 is 11.2. The molecule has 0 radical (unpaired) electrons. The predicted octanol–water partition coefficient (Wildman–Crippen LogP) is 2.88. The normalized spacial score (nSPS) is 17.6. The molecule has 136 valence electrons. The molecule has 2 aliphatic heterocycles. The molecule has 1 aromatic heterocycles. The van der Waals surface area contributed by atoms with Crippen molar-refractivity contribution < 1.29 is 14.3 Å². The Morgan fingerprint density at radius 2 is 1.88 bits per heavy atom. The standard InChI is InChI=1S/C20H22N2O3S/c23-20(6-4-17-2-1-13-26-17)22-9-7-21(8-10-22)15-16-3-5-18-19(14-16)25-12-11-24-18/h1-6,13-14H,7-12,15H2/b6-4+. The minimum Gasteiger partial charge on any atom is -0.486 e. The fourth-order valence-electron chi connectivity index (χ4n) is 3.22. The Balaban J connectivity index is 1.29. The number of carbonyl (C=O) groups is 1. The minimum atomic E-state index is 0.0948. The van der Waals surface area contributed by atoms with E-state index in [1.165, 1.54) is 5.56 Å². The van der Waals surface area contributed by atoms with Crippen LogP contribution in [0.15, 0.2) is 41.8 Å². The van der Waals surface area contributed by atoms with E-state index < -0.39 is 0 Å². The fourth-order valence-corrected chi connectivity index (χ4v) is 3.83. The van der Waals surface area contributed by atoms with Gasteiger partial charge in [0.15, 0.2) is 11.5 Å². The van der Waals surface area contributed by atoms with Gasteiger partial charge in [0, 0.05) is 43.7 Å². The van der Waals surface area contributed by atoms with E-state index >= 15 is 0 Å². The molecule has 1 amide bonds. The summed E-state index contributed by atoms with van der Waals surface area (Å²) in [5.74, 6) is 1.76. The fraction of sp³-hybridized carbons (Fsp3) is 0.350. The summed E-state index contributed by atoms with van der Waals surface area (Å²) in [6.45, 7) is 5.37. The van der Waals surface area contributed by atoms with E-state index in [1.807, 2.05) is 34.6 Å². The van der Waals surface area contributed by atoms with Crippen LogP contribution in [0.4, 0.5) is 0 Å². The number of fused-ring (bicyclic) bond motifs is 1. The number of rotatable bonds is 4. The first-order valence-corrected chi connectivity index (χ1v) is 9.77. The van der Waals surface area contributed by atoms with Gasteiger partial charge in [-0.25, -0.2) is 0 Å². The second kappa shape index (κ2) is 7.93. The molecule has 0 N–H and O–H groups in total. The Labute approximate surface area is 157 Å². The van der Waals surface area contributed by atoms with E-state index in [1.54, 1.807) is 17.4 Å². The van der Waals surface area contributed by atoms with Gasteiger partial charge in [-0.15, -0.1) is 11.3 Å². The molecule has 1 fully saturated rings. The molecule has 4 rings (SSSR count). The van der Waals surface area contributed by atoms with Gasteiger partial charge in [-0.1, -0.05) is 12.1 Å². The molecule has 0 saturated carbocycles. The highest BCUT2D eigenvalue weighted by molar-refractivity contribution is 7.10. The molecule has 0 atom stereocenters. The zero-order valence-electron chi connectivity index (χ0n) is 14.6. The molecule has 5 nitrogen and oxygen atoms in total. The van der Waals surface area contributed by atoms with Gasteiger partial charge in [-0.2, -0.15) is 0 Å². The van der Waals surface area contributed by atoms with Gasteiger partial charge in [0.1, 0.15) is 13.2 Å². The molecule has 0 aliphatic carbocycles. The van der Waals surface area contributed by atoms with Crippen LogP contribution in [0.1, 0.15) is 10.4 Å². The van der Waals surface area contributed by atoms with Gasteiger partial charge in [0.25, 0.3) is 0 Å². The largest absolute Gasteiger partial charge is 0.486 e. The molecule has 26 heavy (non-hydrogen) atoms. The van der Waals surface area contributed by atoms with Crippen LogP contribution in [0.5, 0.6) is 11.5 Å². The lowest BCUT2D eigenvalue weighted by Crippen LogP contribution is -2.47. The smallest absolute Gasteiger partial charge is 0.246 e. The quantitative estimate of drug-likeness (QED) is 0.776. The van der Waals surface area contributed by atoms with Crippen LogP contribution in [-0.2, 0) is 11.3 Å². The maximum absolute atomic E-state index is 12.3. The van der Waals surface area contributed by atoms with Crippen molar-refractivity contribution in [3.05, 3.63) is 52.2 Å². The highest BCUT2D eigenvalue weighted by Crippen LogP contribution is 2.31. The second-order valence-corrected chi connectivity index (χ2v) is 7.41. The van der Waals surface area contributed by atoms with Gasteiger partial charge in [0.2, 0.25) is 5.91 Å². The molecule has 1 saturated heterocycles. The van der Waals surface area contributed by atoms with Crippen molar-refractivity contribution in [2.45, 2.75) is 6.54 Å². The van der Waals surface area contributed by atoms with Crippen LogP contribution in [0, 0.1) is 0 Å². The first-order valence-electron chi connectivity index (χ1n) is 8.89. The first kappa shape index (κ1) is 17.1. The monoisotopic (exact) mass is 370 g/mol. The molecular weight excluding hydrogens is 348 g/mol. The summed E-state index contributed by atoms with van der Waals surface area (Å²) in [5.41, 5.74) is 1.21. The summed E-state index contributed by atoms with van der Waals surface area (Å²) >= 11 is 1.64. The third-order valence-electron chi connectivity index (χ3n) is 4.63. The SMILES string of the molecule is O=C(/C=C/c1cccs1)N1CCN(Cc2ccc3c(c2)OCCO3)CC1. The Morgan fingerprint density at radius 3 is 2.65 bits per heavy atom. The molecule has 0 unspecified atom stereocenters. The van der Waals surface area contributed by atoms with Gasteiger partial charge < -0.3 is 14.4 Å². The van der Waals surface area contributed by atoms with Crippen molar-refractivity contribution in [1.29, 1.82) is 0 Å². The maximum Gasteiger partial charge on any atom is 0.246 e. The Hall–Kier alpha value is -2.31. The van der Waals surface area contributed by atoms with Gasteiger partial charge >= 0.3 is 0 Å². The number of benzene rings is 1. The first-order chi connectivity index (χ1) is 12.8. The number of ether oxygens (including phenoxy) is 2. The molecule has 2 aliphatic rings. The van der Waals surface area contributed by atoms with Crippen LogP contribution >= 0.6 is 11.3 Å². The van der Waals surface area contributed by atoms with Crippen LogP contribution in [0.2, 0.25) is 0 Å². The Kier molecular flexibility index (Phi) is 5.22. The number of amides is 1. The van der Waals surface area contributed by atoms with E-state index in [0.29, 0.717) is 13.2 Å². The number of hydrogen-bond donors (Lipinski definition) is 0. The predicted molar refractivity (Wildman–Crippen MR) is 103 cm³/mol. The summed E-state index contributed by atoms with van der Waals surface area (Å²) in [4.78, 5) is 17.7. The average Bonchev–Trinajstić information content (AvgIpc) is 3.20. The lowest BCUT2D eigenvalue weighted by molar-refractivity contribution is -0.127. The molecule has 0 spiro atoms. The highest BCUT2D eigenvalue weighted by Gasteiger charge is 2.20. The van der Waals surface area contributed by atoms with E-state index in [0.717, 1.165) is 49.1 Å².